The summed E-state index contributed by atoms with van der Waals surface area (Å²) in [5.41, 5.74) is 5.01. The van der Waals surface area contributed by atoms with E-state index in [1.54, 1.807) is 0 Å². The number of anilines is 1. The van der Waals surface area contributed by atoms with Crippen molar-refractivity contribution in [2.45, 2.75) is 46.5 Å². The Kier molecular flexibility index (Phi) is 8.22. The van der Waals surface area contributed by atoms with E-state index in [-0.39, 0.29) is 0 Å². The molecule has 0 bridgehead atoms. The van der Waals surface area contributed by atoms with Gasteiger partial charge in [0.15, 0.2) is 5.00 Å². The van der Waals surface area contributed by atoms with Gasteiger partial charge in [0.25, 0.3) is 0 Å². The smallest absolute Gasteiger partial charge is 0.159 e. The molecule has 32 heavy (non-hydrogen) atoms. The van der Waals surface area contributed by atoms with Crippen LogP contribution in [-0.2, 0) is 6.42 Å². The number of hydrogen-bond acceptors (Lipinski definition) is 7. The van der Waals surface area contributed by atoms with Gasteiger partial charge in [0, 0.05) is 25.8 Å². The maximum Gasteiger partial charge on any atom is 0.159 e. The fourth-order valence-electron chi connectivity index (χ4n) is 3.02. The lowest BCUT2D eigenvalue weighted by Crippen LogP contribution is -2.09. The molecule has 3 rings (SSSR count). The predicted molar refractivity (Wildman–Crippen MR) is 135 cm³/mol. The van der Waals surface area contributed by atoms with Gasteiger partial charge in [-0.2, -0.15) is 14.6 Å². The molecule has 0 aliphatic heterocycles. The third-order valence-electron chi connectivity index (χ3n) is 5.55. The van der Waals surface area contributed by atoms with Gasteiger partial charge in [0.05, 0.1) is 22.8 Å². The topological polar surface area (TPSA) is 65.6 Å². The Bertz CT molecular complexity index is 1030. The molecule has 0 amide bonds. The maximum atomic E-state index is 4.51. The lowest BCUT2D eigenvalue weighted by Gasteiger charge is -2.21. The van der Waals surface area contributed by atoms with Gasteiger partial charge in [-0.15, -0.1) is 10.2 Å². The summed E-state index contributed by atoms with van der Waals surface area (Å²) >= 11 is 1.40. The van der Waals surface area contributed by atoms with Crippen LogP contribution in [-0.4, -0.2) is 18.5 Å². The molecule has 0 N–H and O–H groups in total. The third kappa shape index (κ3) is 7.34. The molecule has 6 nitrogen and oxygen atoms in total. The molecule has 0 aliphatic carbocycles. The van der Waals surface area contributed by atoms with E-state index in [1.165, 1.54) is 24.4 Å². The SMILES string of the molecule is CCC(C)(C)CCCc1cc(N=Nc2ccc(N=Nc3ccc(N(C)C)cc3)cc2)sn1. The summed E-state index contributed by atoms with van der Waals surface area (Å²) in [6.45, 7) is 6.90. The van der Waals surface area contributed by atoms with E-state index in [0.717, 1.165) is 46.3 Å². The van der Waals surface area contributed by atoms with Crippen LogP contribution in [0.15, 0.2) is 75.1 Å². The minimum atomic E-state index is 0.404. The Morgan fingerprint density at radius 3 is 1.91 bits per heavy atom. The van der Waals surface area contributed by atoms with Crippen LogP contribution in [0, 0.1) is 5.41 Å². The summed E-state index contributed by atoms with van der Waals surface area (Å²) in [5, 5.41) is 18.1. The van der Waals surface area contributed by atoms with E-state index < -0.39 is 0 Å². The molecule has 1 aromatic heterocycles. The molecule has 0 radical (unpaired) electrons. The zero-order valence-corrected chi connectivity index (χ0v) is 20.4. The van der Waals surface area contributed by atoms with Crippen LogP contribution in [0.4, 0.5) is 27.8 Å². The van der Waals surface area contributed by atoms with E-state index >= 15 is 0 Å². The second-order valence-electron chi connectivity index (χ2n) is 8.86. The zero-order valence-electron chi connectivity index (χ0n) is 19.6. The molecular formula is C25H32N6S. The van der Waals surface area contributed by atoms with Crippen molar-refractivity contribution < 1.29 is 0 Å². The van der Waals surface area contributed by atoms with E-state index in [0.29, 0.717) is 5.41 Å². The Morgan fingerprint density at radius 1 is 0.844 bits per heavy atom. The van der Waals surface area contributed by atoms with Crippen LogP contribution in [0.3, 0.4) is 0 Å². The molecule has 168 valence electrons. The first-order valence-corrected chi connectivity index (χ1v) is 11.8. The molecule has 7 heteroatoms. The second-order valence-corrected chi connectivity index (χ2v) is 9.64. The number of aryl methyl sites for hydroxylation is 1. The Hall–Kier alpha value is -2.93. The highest BCUT2D eigenvalue weighted by atomic mass is 32.1. The van der Waals surface area contributed by atoms with Crippen molar-refractivity contribution in [3.05, 3.63) is 60.3 Å². The maximum absolute atomic E-state index is 4.51. The second kappa shape index (κ2) is 11.1. The van der Waals surface area contributed by atoms with Crippen molar-refractivity contribution in [1.29, 1.82) is 0 Å². The molecule has 0 saturated carbocycles. The molecule has 0 saturated heterocycles. The molecule has 0 aliphatic rings. The first-order valence-electron chi connectivity index (χ1n) is 11.0. The number of rotatable bonds is 10. The van der Waals surface area contributed by atoms with Crippen molar-refractivity contribution in [2.24, 2.45) is 25.9 Å². The largest absolute Gasteiger partial charge is 0.378 e. The Balaban J connectivity index is 1.52. The van der Waals surface area contributed by atoms with E-state index in [4.69, 9.17) is 0 Å². The fraction of sp³-hybridized carbons (Fsp3) is 0.400. The minimum Gasteiger partial charge on any atom is -0.378 e. The lowest BCUT2D eigenvalue weighted by atomic mass is 9.84. The molecule has 0 atom stereocenters. The molecule has 2 aromatic carbocycles. The summed E-state index contributed by atoms with van der Waals surface area (Å²) in [6.07, 6.45) is 4.56. The predicted octanol–water partition coefficient (Wildman–Crippen LogP) is 8.80. The normalized spacial score (nSPS) is 12.2. The van der Waals surface area contributed by atoms with Gasteiger partial charge in [0.1, 0.15) is 0 Å². The van der Waals surface area contributed by atoms with Crippen LogP contribution >= 0.6 is 11.5 Å². The van der Waals surface area contributed by atoms with Gasteiger partial charge in [-0.05, 0) is 84.7 Å². The average Bonchev–Trinajstić information content (AvgIpc) is 3.25. The van der Waals surface area contributed by atoms with Crippen molar-refractivity contribution in [3.8, 4) is 0 Å². The molecule has 0 fully saturated rings. The van der Waals surface area contributed by atoms with Gasteiger partial charge in [-0.25, -0.2) is 0 Å². The number of nitrogens with zero attached hydrogens (tertiary/aromatic N) is 6. The van der Waals surface area contributed by atoms with Crippen LogP contribution in [0.5, 0.6) is 0 Å². The Labute approximate surface area is 195 Å². The van der Waals surface area contributed by atoms with E-state index in [2.05, 4.69) is 50.5 Å². The number of benzene rings is 2. The van der Waals surface area contributed by atoms with Gasteiger partial charge in [-0.3, -0.25) is 0 Å². The number of azo groups is 2. The molecule has 1 heterocycles. The minimum absolute atomic E-state index is 0.404. The summed E-state index contributed by atoms with van der Waals surface area (Å²) in [5.74, 6) is 0. The fourth-order valence-corrected chi connectivity index (χ4v) is 3.64. The summed E-state index contributed by atoms with van der Waals surface area (Å²) < 4.78 is 4.51. The monoisotopic (exact) mass is 448 g/mol. The van der Waals surface area contributed by atoms with Gasteiger partial charge < -0.3 is 4.90 Å². The van der Waals surface area contributed by atoms with Crippen molar-refractivity contribution in [1.82, 2.24) is 4.37 Å². The summed E-state index contributed by atoms with van der Waals surface area (Å²) in [4.78, 5) is 2.05. The van der Waals surface area contributed by atoms with Crippen molar-refractivity contribution in [2.75, 3.05) is 19.0 Å². The lowest BCUT2D eigenvalue weighted by molar-refractivity contribution is 0.313. The highest BCUT2D eigenvalue weighted by Crippen LogP contribution is 2.29. The average molecular weight is 449 g/mol. The number of aromatic nitrogens is 1. The number of hydrogen-bond donors (Lipinski definition) is 0. The van der Waals surface area contributed by atoms with E-state index in [9.17, 15) is 0 Å². The summed E-state index contributed by atoms with van der Waals surface area (Å²) in [6, 6.07) is 17.5. The van der Waals surface area contributed by atoms with E-state index in [1.807, 2.05) is 68.7 Å². The standard InChI is InChI=1S/C25H32N6S/c1-6-25(2,3)17-7-8-22-18-24(32-30-22)29-28-20-11-9-19(10-12-20)26-27-21-13-15-23(16-14-21)31(4)5/h9-16,18H,6-8,17H2,1-5H3. The quantitative estimate of drug-likeness (QED) is 0.291. The van der Waals surface area contributed by atoms with Crippen LogP contribution in [0.25, 0.3) is 0 Å². The Morgan fingerprint density at radius 2 is 1.38 bits per heavy atom. The first-order chi connectivity index (χ1) is 15.3. The van der Waals surface area contributed by atoms with Crippen molar-refractivity contribution in [3.63, 3.8) is 0 Å². The van der Waals surface area contributed by atoms with Gasteiger partial charge >= 0.3 is 0 Å². The highest BCUT2D eigenvalue weighted by Gasteiger charge is 2.14. The molecular weight excluding hydrogens is 416 g/mol. The molecule has 3 aromatic rings. The third-order valence-corrected chi connectivity index (χ3v) is 6.26. The summed E-state index contributed by atoms with van der Waals surface area (Å²) in [7, 11) is 4.02. The highest BCUT2D eigenvalue weighted by molar-refractivity contribution is 7.09. The van der Waals surface area contributed by atoms with Crippen molar-refractivity contribution >= 4 is 39.3 Å². The van der Waals surface area contributed by atoms with Crippen LogP contribution < -0.4 is 4.90 Å². The zero-order chi connectivity index (χ0) is 23.0. The molecule has 0 unspecified atom stereocenters. The van der Waals surface area contributed by atoms with Crippen LogP contribution in [0.2, 0.25) is 0 Å². The van der Waals surface area contributed by atoms with Gasteiger partial charge in [-0.1, -0.05) is 27.2 Å². The first kappa shape index (κ1) is 23.7. The van der Waals surface area contributed by atoms with Crippen LogP contribution in [0.1, 0.15) is 45.7 Å². The molecule has 0 spiro atoms. The van der Waals surface area contributed by atoms with Gasteiger partial charge in [0.2, 0.25) is 0 Å².